The third-order valence-electron chi connectivity index (χ3n) is 4.74. The maximum Gasteiger partial charge on any atom is 0.226 e. The molecule has 0 spiro atoms. The topological polar surface area (TPSA) is 80.3 Å². The van der Waals surface area contributed by atoms with Crippen molar-refractivity contribution in [2.45, 2.75) is 38.3 Å². The Kier molecular flexibility index (Phi) is 4.29. The Hall–Kier alpha value is -2.57. The van der Waals surface area contributed by atoms with Gasteiger partial charge >= 0.3 is 0 Å². The quantitative estimate of drug-likeness (QED) is 0.872. The van der Waals surface area contributed by atoms with Gasteiger partial charge in [0.2, 0.25) is 5.91 Å². The predicted octanol–water partition coefficient (Wildman–Crippen LogP) is 2.47. The number of aromatic amines is 1. The number of ether oxygens (including phenoxy) is 2. The van der Waals surface area contributed by atoms with E-state index in [1.165, 1.54) is 0 Å². The lowest BCUT2D eigenvalue weighted by Crippen LogP contribution is -2.32. The average Bonchev–Trinajstić information content (AvgIpc) is 3.19. The highest BCUT2D eigenvalue weighted by Crippen LogP contribution is 2.37. The molecular formula is C18H22N4O3. The number of rotatable bonds is 6. The van der Waals surface area contributed by atoms with E-state index < -0.39 is 0 Å². The van der Waals surface area contributed by atoms with Crippen LogP contribution in [0.15, 0.2) is 24.3 Å². The first-order chi connectivity index (χ1) is 12.3. The number of hydrogen-bond donors (Lipinski definition) is 1. The maximum absolute atomic E-state index is 12.4. The fraction of sp³-hybridized carbons (Fsp3) is 0.500. The fourth-order valence-corrected chi connectivity index (χ4v) is 3.27. The van der Waals surface area contributed by atoms with Gasteiger partial charge in [-0.3, -0.25) is 9.89 Å². The summed E-state index contributed by atoms with van der Waals surface area (Å²) in [6.45, 7) is 1.08. The van der Waals surface area contributed by atoms with Crippen LogP contribution in [0.5, 0.6) is 11.5 Å². The summed E-state index contributed by atoms with van der Waals surface area (Å²) in [5.41, 5.74) is 0. The number of methoxy groups -OCH3 is 1. The van der Waals surface area contributed by atoms with Crippen LogP contribution in [-0.2, 0) is 11.4 Å². The number of hydrogen-bond acceptors (Lipinski definition) is 5. The van der Waals surface area contributed by atoms with Gasteiger partial charge in [0.25, 0.3) is 0 Å². The van der Waals surface area contributed by atoms with Crippen LogP contribution in [0, 0.1) is 5.92 Å². The molecule has 25 heavy (non-hydrogen) atoms. The zero-order valence-corrected chi connectivity index (χ0v) is 14.3. The molecule has 132 valence electrons. The molecule has 2 heterocycles. The minimum absolute atomic E-state index is 0.00985. The van der Waals surface area contributed by atoms with Crippen LogP contribution in [0.4, 0.5) is 0 Å². The van der Waals surface area contributed by atoms with Gasteiger partial charge < -0.3 is 14.4 Å². The number of aromatic nitrogens is 3. The first kappa shape index (κ1) is 15.9. The lowest BCUT2D eigenvalue weighted by atomic mass is 10.2. The highest BCUT2D eigenvalue weighted by atomic mass is 16.5. The number of carbonyl (C=O) groups excluding carboxylic acids is 1. The van der Waals surface area contributed by atoms with Crippen LogP contribution in [0.2, 0.25) is 0 Å². The van der Waals surface area contributed by atoms with Crippen LogP contribution in [0.1, 0.15) is 43.4 Å². The van der Waals surface area contributed by atoms with E-state index in [1.54, 1.807) is 7.11 Å². The maximum atomic E-state index is 12.4. The molecule has 1 atom stereocenters. The first-order valence-corrected chi connectivity index (χ1v) is 8.73. The Labute approximate surface area is 146 Å². The second-order valence-corrected chi connectivity index (χ2v) is 6.54. The van der Waals surface area contributed by atoms with Crippen molar-refractivity contribution in [1.29, 1.82) is 0 Å². The SMILES string of the molecule is COc1ccccc1OCc1nc([C@@H]2CCCN2C(=O)C2CC2)n[nH]1. The van der Waals surface area contributed by atoms with E-state index in [0.717, 1.165) is 32.2 Å². The number of H-pyrrole nitrogens is 1. The predicted molar refractivity (Wildman–Crippen MR) is 90.1 cm³/mol. The Morgan fingerprint density at radius 3 is 2.84 bits per heavy atom. The van der Waals surface area contributed by atoms with Crippen LogP contribution >= 0.6 is 0 Å². The van der Waals surface area contributed by atoms with Crippen LogP contribution in [0.3, 0.4) is 0 Å². The lowest BCUT2D eigenvalue weighted by molar-refractivity contribution is -0.133. The van der Waals surface area contributed by atoms with Gasteiger partial charge in [0.1, 0.15) is 6.61 Å². The van der Waals surface area contributed by atoms with Crippen molar-refractivity contribution in [3.63, 3.8) is 0 Å². The number of nitrogens with one attached hydrogen (secondary N) is 1. The highest BCUT2D eigenvalue weighted by Gasteiger charge is 2.40. The minimum Gasteiger partial charge on any atom is -0.493 e. The molecule has 2 fully saturated rings. The third-order valence-corrected chi connectivity index (χ3v) is 4.74. The number of para-hydroxylation sites is 2. The van der Waals surface area contributed by atoms with Crippen molar-refractivity contribution in [1.82, 2.24) is 20.1 Å². The van der Waals surface area contributed by atoms with Crippen molar-refractivity contribution >= 4 is 5.91 Å². The number of benzene rings is 1. The third kappa shape index (κ3) is 3.31. The summed E-state index contributed by atoms with van der Waals surface area (Å²) in [4.78, 5) is 18.9. The number of likely N-dealkylation sites (tertiary alicyclic amines) is 1. The second-order valence-electron chi connectivity index (χ2n) is 6.54. The smallest absolute Gasteiger partial charge is 0.226 e. The summed E-state index contributed by atoms with van der Waals surface area (Å²) < 4.78 is 11.0. The zero-order valence-electron chi connectivity index (χ0n) is 14.3. The number of amides is 1. The Balaban J connectivity index is 1.42. The van der Waals surface area contributed by atoms with E-state index in [2.05, 4.69) is 15.2 Å². The molecule has 1 N–H and O–H groups in total. The molecular weight excluding hydrogens is 320 g/mol. The van der Waals surface area contributed by atoms with Gasteiger partial charge in [0, 0.05) is 12.5 Å². The summed E-state index contributed by atoms with van der Waals surface area (Å²) in [6.07, 6.45) is 3.97. The Bertz CT molecular complexity index is 756. The molecule has 1 aromatic heterocycles. The van der Waals surface area contributed by atoms with E-state index >= 15 is 0 Å². The van der Waals surface area contributed by atoms with Crippen LogP contribution in [-0.4, -0.2) is 39.6 Å². The van der Waals surface area contributed by atoms with Gasteiger partial charge in [0.15, 0.2) is 23.1 Å². The molecule has 1 amide bonds. The highest BCUT2D eigenvalue weighted by molar-refractivity contribution is 5.81. The largest absolute Gasteiger partial charge is 0.493 e. The monoisotopic (exact) mass is 342 g/mol. The van der Waals surface area contributed by atoms with Crippen molar-refractivity contribution in [2.24, 2.45) is 5.92 Å². The Morgan fingerprint density at radius 2 is 2.08 bits per heavy atom. The summed E-state index contributed by atoms with van der Waals surface area (Å²) in [5, 5.41) is 7.25. The van der Waals surface area contributed by atoms with Gasteiger partial charge in [-0.2, -0.15) is 5.10 Å². The molecule has 1 aromatic carbocycles. The van der Waals surface area contributed by atoms with Crippen molar-refractivity contribution < 1.29 is 14.3 Å². The summed E-state index contributed by atoms with van der Waals surface area (Å²) >= 11 is 0. The molecule has 1 saturated heterocycles. The average molecular weight is 342 g/mol. The zero-order chi connectivity index (χ0) is 17.2. The van der Waals surface area contributed by atoms with E-state index in [9.17, 15) is 4.79 Å². The van der Waals surface area contributed by atoms with E-state index in [1.807, 2.05) is 29.2 Å². The molecule has 7 heteroatoms. The standard InChI is InChI=1S/C18H22N4O3/c1-24-14-6-2-3-7-15(14)25-11-16-19-17(21-20-16)13-5-4-10-22(13)18(23)12-8-9-12/h2-3,6-7,12-13H,4-5,8-11H2,1H3,(H,19,20,21)/t13-/m0/s1. The normalized spacial score (nSPS) is 19.9. The van der Waals surface area contributed by atoms with Crippen molar-refractivity contribution in [3.05, 3.63) is 35.9 Å². The van der Waals surface area contributed by atoms with Crippen LogP contribution < -0.4 is 9.47 Å². The molecule has 1 saturated carbocycles. The van der Waals surface area contributed by atoms with Crippen LogP contribution in [0.25, 0.3) is 0 Å². The van der Waals surface area contributed by atoms with E-state index in [4.69, 9.17) is 9.47 Å². The van der Waals surface area contributed by atoms with Gasteiger partial charge in [0.05, 0.1) is 13.2 Å². The lowest BCUT2D eigenvalue weighted by Gasteiger charge is -2.22. The summed E-state index contributed by atoms with van der Waals surface area (Å²) in [5.74, 6) is 3.16. The molecule has 0 unspecified atom stereocenters. The molecule has 2 aromatic rings. The Morgan fingerprint density at radius 1 is 1.28 bits per heavy atom. The molecule has 7 nitrogen and oxygen atoms in total. The summed E-state index contributed by atoms with van der Waals surface area (Å²) in [6, 6.07) is 7.47. The first-order valence-electron chi connectivity index (χ1n) is 8.73. The van der Waals surface area contributed by atoms with Gasteiger partial charge in [-0.25, -0.2) is 4.98 Å². The van der Waals surface area contributed by atoms with Crippen molar-refractivity contribution in [2.75, 3.05) is 13.7 Å². The molecule has 1 aliphatic heterocycles. The molecule has 0 bridgehead atoms. The molecule has 1 aliphatic carbocycles. The molecule has 4 rings (SSSR count). The van der Waals surface area contributed by atoms with Crippen molar-refractivity contribution in [3.8, 4) is 11.5 Å². The van der Waals surface area contributed by atoms with E-state index in [-0.39, 0.29) is 24.5 Å². The fourth-order valence-electron chi connectivity index (χ4n) is 3.27. The van der Waals surface area contributed by atoms with Gasteiger partial charge in [-0.05, 0) is 37.8 Å². The molecule has 0 radical (unpaired) electrons. The minimum atomic E-state index is -0.00985. The number of nitrogens with zero attached hydrogens (tertiary/aromatic N) is 3. The van der Waals surface area contributed by atoms with E-state index in [0.29, 0.717) is 23.1 Å². The number of carbonyl (C=O) groups is 1. The van der Waals surface area contributed by atoms with Gasteiger partial charge in [-0.1, -0.05) is 12.1 Å². The second kappa shape index (κ2) is 6.74. The molecule has 2 aliphatic rings. The summed E-state index contributed by atoms with van der Waals surface area (Å²) in [7, 11) is 1.61. The van der Waals surface area contributed by atoms with Gasteiger partial charge in [-0.15, -0.1) is 0 Å².